The summed E-state index contributed by atoms with van der Waals surface area (Å²) < 4.78 is 26.8. The van der Waals surface area contributed by atoms with Crippen molar-refractivity contribution in [2.75, 3.05) is 30.3 Å². The molecule has 2 saturated heterocycles. The van der Waals surface area contributed by atoms with Crippen LogP contribution in [0.25, 0.3) is 0 Å². The monoisotopic (exact) mass is 292 g/mol. The minimum absolute atomic E-state index is 0.151. The van der Waals surface area contributed by atoms with Gasteiger partial charge in [0.05, 0.1) is 5.75 Å². The summed E-state index contributed by atoms with van der Waals surface area (Å²) in [5.74, 6) is 3.14. The predicted molar refractivity (Wildman–Crippen MR) is 77.5 cm³/mol. The van der Waals surface area contributed by atoms with Crippen LogP contribution in [0.2, 0.25) is 0 Å². The largest absolute Gasteiger partial charge is 0.313 e. The zero-order valence-electron chi connectivity index (χ0n) is 10.9. The minimum Gasteiger partial charge on any atom is -0.313 e. The molecule has 0 spiro atoms. The second-order valence-electron chi connectivity index (χ2n) is 5.33. The van der Waals surface area contributed by atoms with E-state index in [0.717, 1.165) is 32.2 Å². The van der Waals surface area contributed by atoms with Crippen LogP contribution in [0.5, 0.6) is 0 Å². The Morgan fingerprint density at radius 3 is 2.61 bits per heavy atom. The third-order valence-electron chi connectivity index (χ3n) is 3.77. The first-order valence-corrected chi connectivity index (χ1v) is 9.75. The van der Waals surface area contributed by atoms with Gasteiger partial charge in [0.15, 0.2) is 0 Å². The maximum absolute atomic E-state index is 12.0. The molecule has 18 heavy (non-hydrogen) atoms. The van der Waals surface area contributed by atoms with Gasteiger partial charge in [0.25, 0.3) is 0 Å². The number of rotatable bonds is 5. The molecular weight excluding hydrogens is 268 g/mol. The summed E-state index contributed by atoms with van der Waals surface area (Å²) in [6.07, 6.45) is 5.60. The van der Waals surface area contributed by atoms with Crippen molar-refractivity contribution in [3.05, 3.63) is 0 Å². The molecule has 0 aliphatic carbocycles. The highest BCUT2D eigenvalue weighted by Crippen LogP contribution is 2.22. The molecule has 2 N–H and O–H groups in total. The summed E-state index contributed by atoms with van der Waals surface area (Å²) in [4.78, 5) is 0. The van der Waals surface area contributed by atoms with E-state index in [1.807, 2.05) is 11.8 Å². The number of hydrogen-bond donors (Lipinski definition) is 2. The van der Waals surface area contributed by atoms with Crippen LogP contribution in [0.4, 0.5) is 0 Å². The zero-order chi connectivity index (χ0) is 12.8. The molecule has 0 saturated carbocycles. The lowest BCUT2D eigenvalue weighted by Crippen LogP contribution is -2.43. The number of nitrogens with one attached hydrogen (secondary N) is 2. The van der Waals surface area contributed by atoms with Gasteiger partial charge < -0.3 is 5.32 Å². The summed E-state index contributed by atoms with van der Waals surface area (Å²) >= 11 is 1.97. The Labute approximate surface area is 115 Å². The van der Waals surface area contributed by atoms with Gasteiger partial charge in [-0.2, -0.15) is 11.8 Å². The highest BCUT2D eigenvalue weighted by atomic mass is 32.2. The first-order chi connectivity index (χ1) is 8.66. The zero-order valence-corrected chi connectivity index (χ0v) is 12.5. The van der Waals surface area contributed by atoms with Crippen molar-refractivity contribution in [1.29, 1.82) is 0 Å². The van der Waals surface area contributed by atoms with E-state index in [-0.39, 0.29) is 11.8 Å². The van der Waals surface area contributed by atoms with Gasteiger partial charge in [0.2, 0.25) is 10.0 Å². The summed E-state index contributed by atoms with van der Waals surface area (Å²) in [6.45, 7) is 1.59. The van der Waals surface area contributed by atoms with E-state index in [9.17, 15) is 8.42 Å². The summed E-state index contributed by atoms with van der Waals surface area (Å²) in [7, 11) is -3.10. The maximum atomic E-state index is 12.0. The van der Waals surface area contributed by atoms with E-state index >= 15 is 0 Å². The lowest BCUT2D eigenvalue weighted by atomic mass is 10.0. The predicted octanol–water partition coefficient (Wildman–Crippen LogP) is 1.19. The standard InChI is InChI=1S/C12H24N2O2S2/c15-18(16,10-12-3-1-2-6-13-12)14-9-11-4-7-17-8-5-11/h11-14H,1-10H2. The van der Waals surface area contributed by atoms with E-state index in [0.29, 0.717) is 12.5 Å². The quantitative estimate of drug-likeness (QED) is 0.799. The van der Waals surface area contributed by atoms with Gasteiger partial charge in [0.1, 0.15) is 0 Å². The SMILES string of the molecule is O=S(=O)(CC1CCCCN1)NCC1CCSCC1. The fourth-order valence-corrected chi connectivity index (χ4v) is 5.21. The molecule has 0 amide bonds. The van der Waals surface area contributed by atoms with Gasteiger partial charge in [-0.15, -0.1) is 0 Å². The van der Waals surface area contributed by atoms with Crippen molar-refractivity contribution in [3.63, 3.8) is 0 Å². The van der Waals surface area contributed by atoms with Crippen LogP contribution in [-0.4, -0.2) is 44.8 Å². The molecule has 0 radical (unpaired) electrons. The molecular formula is C12H24N2O2S2. The molecule has 2 fully saturated rings. The Morgan fingerprint density at radius 1 is 1.17 bits per heavy atom. The maximum Gasteiger partial charge on any atom is 0.213 e. The Bertz CT molecular complexity index is 334. The van der Waals surface area contributed by atoms with Crippen LogP contribution in [0.3, 0.4) is 0 Å². The van der Waals surface area contributed by atoms with Crippen molar-refractivity contribution in [2.24, 2.45) is 5.92 Å². The van der Waals surface area contributed by atoms with Gasteiger partial charge in [0, 0.05) is 12.6 Å². The first-order valence-electron chi connectivity index (χ1n) is 6.94. The third-order valence-corrected chi connectivity index (χ3v) is 6.26. The second kappa shape index (κ2) is 7.12. The Kier molecular flexibility index (Phi) is 5.79. The minimum atomic E-state index is -3.10. The highest BCUT2D eigenvalue weighted by Gasteiger charge is 2.22. The van der Waals surface area contributed by atoms with Crippen LogP contribution < -0.4 is 10.0 Å². The lowest BCUT2D eigenvalue weighted by Gasteiger charge is -2.25. The van der Waals surface area contributed by atoms with Crippen molar-refractivity contribution < 1.29 is 8.42 Å². The van der Waals surface area contributed by atoms with E-state index in [1.54, 1.807) is 0 Å². The molecule has 0 aromatic heterocycles. The van der Waals surface area contributed by atoms with Crippen molar-refractivity contribution in [1.82, 2.24) is 10.0 Å². The molecule has 2 aliphatic heterocycles. The van der Waals surface area contributed by atoms with E-state index in [2.05, 4.69) is 10.0 Å². The van der Waals surface area contributed by atoms with Crippen LogP contribution >= 0.6 is 11.8 Å². The molecule has 1 atom stereocenters. The van der Waals surface area contributed by atoms with Gasteiger partial charge in [-0.25, -0.2) is 13.1 Å². The Balaban J connectivity index is 1.72. The number of sulfonamides is 1. The van der Waals surface area contributed by atoms with Crippen molar-refractivity contribution in [2.45, 2.75) is 38.1 Å². The summed E-state index contributed by atoms with van der Waals surface area (Å²) in [5.41, 5.74) is 0. The number of piperidine rings is 1. The molecule has 106 valence electrons. The Morgan fingerprint density at radius 2 is 1.94 bits per heavy atom. The van der Waals surface area contributed by atoms with E-state index < -0.39 is 10.0 Å². The third kappa shape index (κ3) is 5.07. The summed E-state index contributed by atoms with van der Waals surface area (Å²) in [5, 5.41) is 3.29. The molecule has 0 aromatic rings. The van der Waals surface area contributed by atoms with Crippen LogP contribution in [0.15, 0.2) is 0 Å². The normalized spacial score (nSPS) is 27.2. The molecule has 0 aromatic carbocycles. The molecule has 2 heterocycles. The molecule has 2 rings (SSSR count). The average molecular weight is 292 g/mol. The number of hydrogen-bond acceptors (Lipinski definition) is 4. The first kappa shape index (κ1) is 14.6. The topological polar surface area (TPSA) is 58.2 Å². The Hall–Kier alpha value is 0.220. The summed E-state index contributed by atoms with van der Waals surface area (Å²) in [6, 6.07) is 0.151. The van der Waals surface area contributed by atoms with E-state index in [1.165, 1.54) is 17.9 Å². The molecule has 1 unspecified atom stereocenters. The fourth-order valence-electron chi connectivity index (χ4n) is 2.59. The van der Waals surface area contributed by atoms with Gasteiger partial charge in [-0.1, -0.05) is 6.42 Å². The van der Waals surface area contributed by atoms with Crippen molar-refractivity contribution in [3.8, 4) is 0 Å². The van der Waals surface area contributed by atoms with E-state index in [4.69, 9.17) is 0 Å². The van der Waals surface area contributed by atoms with Gasteiger partial charge >= 0.3 is 0 Å². The van der Waals surface area contributed by atoms with Gasteiger partial charge in [-0.3, -0.25) is 0 Å². The number of thioether (sulfide) groups is 1. The van der Waals surface area contributed by atoms with Gasteiger partial charge in [-0.05, 0) is 49.7 Å². The molecule has 2 aliphatic rings. The highest BCUT2D eigenvalue weighted by molar-refractivity contribution is 7.99. The molecule has 6 heteroatoms. The second-order valence-corrected chi connectivity index (χ2v) is 8.41. The van der Waals surface area contributed by atoms with Crippen LogP contribution in [0, 0.1) is 5.92 Å². The molecule has 0 bridgehead atoms. The lowest BCUT2D eigenvalue weighted by molar-refractivity contribution is 0.420. The fraction of sp³-hybridized carbons (Fsp3) is 1.00. The van der Waals surface area contributed by atoms with Crippen molar-refractivity contribution >= 4 is 21.8 Å². The van der Waals surface area contributed by atoms with Crippen LogP contribution in [-0.2, 0) is 10.0 Å². The molecule has 4 nitrogen and oxygen atoms in total. The smallest absolute Gasteiger partial charge is 0.213 e. The average Bonchev–Trinajstić information content (AvgIpc) is 2.38. The van der Waals surface area contributed by atoms with Crippen LogP contribution in [0.1, 0.15) is 32.1 Å².